The van der Waals surface area contributed by atoms with Gasteiger partial charge in [0.2, 0.25) is 0 Å². The van der Waals surface area contributed by atoms with Crippen LogP contribution in [0.4, 0.5) is 0 Å². The van der Waals surface area contributed by atoms with Crippen molar-refractivity contribution < 1.29 is 9.53 Å². The van der Waals surface area contributed by atoms with Crippen molar-refractivity contribution in [2.24, 2.45) is 5.73 Å². The lowest BCUT2D eigenvalue weighted by Gasteiger charge is -2.11. The minimum atomic E-state index is -0.426. The van der Waals surface area contributed by atoms with E-state index in [-0.39, 0.29) is 4.99 Å². The Balaban J connectivity index is 2.52. The van der Waals surface area contributed by atoms with Gasteiger partial charge in [0.25, 0.3) is 0 Å². The molecule has 7 heteroatoms. The summed E-state index contributed by atoms with van der Waals surface area (Å²) in [6.45, 7) is 5.83. The summed E-state index contributed by atoms with van der Waals surface area (Å²) in [5, 5.41) is 4.15. The van der Waals surface area contributed by atoms with Crippen LogP contribution in [-0.4, -0.2) is 32.3 Å². The third kappa shape index (κ3) is 3.08. The highest BCUT2D eigenvalue weighted by Crippen LogP contribution is 2.18. The van der Waals surface area contributed by atoms with Gasteiger partial charge in [-0.2, -0.15) is 5.10 Å². The summed E-state index contributed by atoms with van der Waals surface area (Å²) < 4.78 is 6.43. The van der Waals surface area contributed by atoms with Crippen LogP contribution in [0.3, 0.4) is 0 Å². The van der Waals surface area contributed by atoms with E-state index in [1.54, 1.807) is 13.1 Å². The number of hydrogen-bond acceptors (Lipinski definition) is 5. The molecule has 0 aromatic carbocycles. The number of carbonyl (C=O) groups excluding carboxylic acids is 1. The van der Waals surface area contributed by atoms with E-state index in [2.05, 4.69) is 10.1 Å². The summed E-state index contributed by atoms with van der Waals surface area (Å²) in [4.78, 5) is 16.4. The number of thiocarbonyl (C=S) groups is 1. The van der Waals surface area contributed by atoms with Crippen molar-refractivity contribution in [3.63, 3.8) is 0 Å². The molecule has 0 fully saturated rings. The van der Waals surface area contributed by atoms with Crippen LogP contribution in [0.15, 0.2) is 18.5 Å². The molecule has 6 nitrogen and oxygen atoms in total. The molecule has 0 bridgehead atoms. The SMILES string of the molecule is CCOC(=O)c1cnn(-c2nc(C)cc(C)c2C(N)=S)c1. The van der Waals surface area contributed by atoms with Gasteiger partial charge >= 0.3 is 5.97 Å². The molecule has 0 aliphatic heterocycles. The number of nitrogens with two attached hydrogens (primary N) is 1. The lowest BCUT2D eigenvalue weighted by Crippen LogP contribution is -2.17. The highest BCUT2D eigenvalue weighted by molar-refractivity contribution is 7.80. The largest absolute Gasteiger partial charge is 0.462 e. The summed E-state index contributed by atoms with van der Waals surface area (Å²) in [5.41, 5.74) is 8.51. The van der Waals surface area contributed by atoms with Crippen molar-refractivity contribution in [2.75, 3.05) is 6.61 Å². The Hall–Kier alpha value is -2.28. The Morgan fingerprint density at radius 2 is 2.19 bits per heavy atom. The van der Waals surface area contributed by atoms with E-state index in [1.807, 2.05) is 19.9 Å². The molecule has 0 amide bonds. The van der Waals surface area contributed by atoms with E-state index in [0.717, 1.165) is 11.3 Å². The van der Waals surface area contributed by atoms with Crippen molar-refractivity contribution >= 4 is 23.2 Å². The van der Waals surface area contributed by atoms with Crippen LogP contribution in [0.25, 0.3) is 5.82 Å². The van der Waals surface area contributed by atoms with Gasteiger partial charge in [-0.25, -0.2) is 14.5 Å². The molecule has 0 atom stereocenters. The van der Waals surface area contributed by atoms with E-state index in [0.29, 0.717) is 23.6 Å². The summed E-state index contributed by atoms with van der Waals surface area (Å²) >= 11 is 5.09. The molecule has 21 heavy (non-hydrogen) atoms. The molecule has 2 aromatic heterocycles. The van der Waals surface area contributed by atoms with Gasteiger partial charge in [-0.1, -0.05) is 12.2 Å². The lowest BCUT2D eigenvalue weighted by atomic mass is 10.1. The molecule has 2 rings (SSSR count). The predicted molar refractivity (Wildman–Crippen MR) is 82.7 cm³/mol. The zero-order valence-corrected chi connectivity index (χ0v) is 12.9. The van der Waals surface area contributed by atoms with Crippen molar-refractivity contribution in [2.45, 2.75) is 20.8 Å². The smallest absolute Gasteiger partial charge is 0.341 e. The summed E-state index contributed by atoms with van der Waals surface area (Å²) in [5.74, 6) is 0.0838. The molecule has 0 saturated heterocycles. The standard InChI is InChI=1S/C14H16N4O2S/c1-4-20-14(19)10-6-16-18(7-10)13-11(12(15)21)8(2)5-9(3)17-13/h5-7H,4H2,1-3H3,(H2,15,21). The second kappa shape index (κ2) is 6.01. The van der Waals surface area contributed by atoms with E-state index in [1.165, 1.54) is 10.9 Å². The zero-order chi connectivity index (χ0) is 15.6. The number of carbonyl (C=O) groups is 1. The molecule has 0 aliphatic rings. The van der Waals surface area contributed by atoms with Gasteiger partial charge in [0.1, 0.15) is 4.99 Å². The van der Waals surface area contributed by atoms with Gasteiger partial charge in [0.15, 0.2) is 5.82 Å². The normalized spacial score (nSPS) is 10.4. The maximum atomic E-state index is 11.7. The monoisotopic (exact) mass is 304 g/mol. The van der Waals surface area contributed by atoms with Gasteiger partial charge in [-0.15, -0.1) is 0 Å². The molecule has 2 N–H and O–H groups in total. The molecule has 110 valence electrons. The Bertz CT molecular complexity index is 709. The first-order chi connectivity index (χ1) is 9.93. The first kappa shape index (κ1) is 15.1. The number of aromatic nitrogens is 3. The van der Waals surface area contributed by atoms with Gasteiger partial charge in [0, 0.05) is 11.9 Å². The molecule has 0 saturated carbocycles. The third-order valence-corrected chi connectivity index (χ3v) is 3.09. The summed E-state index contributed by atoms with van der Waals surface area (Å²) in [6, 6.07) is 1.90. The van der Waals surface area contributed by atoms with Crippen LogP contribution in [0.2, 0.25) is 0 Å². The molecular formula is C14H16N4O2S. The fraction of sp³-hybridized carbons (Fsp3) is 0.286. The van der Waals surface area contributed by atoms with Crippen LogP contribution in [-0.2, 0) is 4.74 Å². The number of nitrogens with zero attached hydrogens (tertiary/aromatic N) is 3. The van der Waals surface area contributed by atoms with Crippen molar-refractivity contribution in [1.82, 2.24) is 14.8 Å². The van der Waals surface area contributed by atoms with Gasteiger partial charge in [-0.05, 0) is 32.4 Å². The van der Waals surface area contributed by atoms with Crippen LogP contribution < -0.4 is 5.73 Å². The van der Waals surface area contributed by atoms with Crippen LogP contribution in [0.5, 0.6) is 0 Å². The Morgan fingerprint density at radius 3 is 2.81 bits per heavy atom. The van der Waals surface area contributed by atoms with E-state index in [9.17, 15) is 4.79 Å². The molecular weight excluding hydrogens is 288 g/mol. The molecule has 2 heterocycles. The van der Waals surface area contributed by atoms with E-state index < -0.39 is 5.97 Å². The first-order valence-corrected chi connectivity index (χ1v) is 6.85. The second-order valence-electron chi connectivity index (χ2n) is 4.54. The topological polar surface area (TPSA) is 83.0 Å². The van der Waals surface area contributed by atoms with Crippen molar-refractivity contribution in [3.05, 3.63) is 40.8 Å². The van der Waals surface area contributed by atoms with Crippen molar-refractivity contribution in [1.29, 1.82) is 0 Å². The maximum absolute atomic E-state index is 11.7. The Kier molecular flexibility index (Phi) is 4.32. The minimum Gasteiger partial charge on any atom is -0.462 e. The van der Waals surface area contributed by atoms with Gasteiger partial charge in [-0.3, -0.25) is 0 Å². The predicted octanol–water partition coefficient (Wildman–Crippen LogP) is 1.70. The maximum Gasteiger partial charge on any atom is 0.341 e. The first-order valence-electron chi connectivity index (χ1n) is 6.44. The molecule has 0 unspecified atom stereocenters. The van der Waals surface area contributed by atoms with E-state index in [4.69, 9.17) is 22.7 Å². The second-order valence-corrected chi connectivity index (χ2v) is 4.98. The summed E-state index contributed by atoms with van der Waals surface area (Å²) in [7, 11) is 0. The summed E-state index contributed by atoms with van der Waals surface area (Å²) in [6.07, 6.45) is 2.99. The van der Waals surface area contributed by atoms with E-state index >= 15 is 0 Å². The average molecular weight is 304 g/mol. The zero-order valence-electron chi connectivity index (χ0n) is 12.1. The van der Waals surface area contributed by atoms with Crippen molar-refractivity contribution in [3.8, 4) is 5.82 Å². The number of pyridine rings is 1. The van der Waals surface area contributed by atoms with Crippen LogP contribution >= 0.6 is 12.2 Å². The quantitative estimate of drug-likeness (QED) is 0.683. The molecule has 2 aromatic rings. The highest BCUT2D eigenvalue weighted by atomic mass is 32.1. The third-order valence-electron chi connectivity index (χ3n) is 2.88. The van der Waals surface area contributed by atoms with Crippen LogP contribution in [0, 0.1) is 13.8 Å². The fourth-order valence-electron chi connectivity index (χ4n) is 2.05. The van der Waals surface area contributed by atoms with Crippen LogP contribution in [0.1, 0.15) is 34.1 Å². The van der Waals surface area contributed by atoms with Gasteiger partial charge < -0.3 is 10.5 Å². The number of rotatable bonds is 4. The molecule has 0 spiro atoms. The number of aryl methyl sites for hydroxylation is 2. The molecule has 0 aliphatic carbocycles. The lowest BCUT2D eigenvalue weighted by molar-refractivity contribution is 0.0526. The number of ether oxygens (including phenoxy) is 1. The minimum absolute atomic E-state index is 0.239. The highest BCUT2D eigenvalue weighted by Gasteiger charge is 2.16. The molecule has 0 radical (unpaired) electrons. The fourth-order valence-corrected chi connectivity index (χ4v) is 2.30. The number of hydrogen-bond donors (Lipinski definition) is 1. The van der Waals surface area contributed by atoms with Gasteiger partial charge in [0.05, 0.1) is 23.9 Å². The Labute approximate surface area is 127 Å². The average Bonchev–Trinajstić information content (AvgIpc) is 2.86. The number of esters is 1. The Morgan fingerprint density at radius 1 is 1.48 bits per heavy atom.